The highest BCUT2D eigenvalue weighted by Crippen LogP contribution is 2.13. The summed E-state index contributed by atoms with van der Waals surface area (Å²) < 4.78 is 0. The van der Waals surface area contributed by atoms with Gasteiger partial charge in [0.2, 0.25) is 5.91 Å². The SMILES string of the molecule is O=C(Cc1ccc(/N=C/c2ccncc2)cc1)NCc1ccccc1. The van der Waals surface area contributed by atoms with Crippen LogP contribution in [0.4, 0.5) is 5.69 Å². The van der Waals surface area contributed by atoms with E-state index >= 15 is 0 Å². The van der Waals surface area contributed by atoms with Gasteiger partial charge in [-0.15, -0.1) is 0 Å². The number of aliphatic imine (C=N–C) groups is 1. The molecule has 0 aliphatic carbocycles. The van der Waals surface area contributed by atoms with Crippen LogP contribution >= 0.6 is 0 Å². The first-order chi connectivity index (χ1) is 12.3. The Kier molecular flexibility index (Phi) is 5.67. The van der Waals surface area contributed by atoms with Crippen molar-refractivity contribution in [1.82, 2.24) is 10.3 Å². The Balaban J connectivity index is 1.52. The Morgan fingerprint density at radius 3 is 2.36 bits per heavy atom. The Labute approximate surface area is 147 Å². The van der Waals surface area contributed by atoms with Crippen LogP contribution < -0.4 is 5.32 Å². The third kappa shape index (κ3) is 5.39. The molecule has 0 atom stereocenters. The largest absolute Gasteiger partial charge is 0.352 e. The fourth-order valence-electron chi connectivity index (χ4n) is 2.34. The second kappa shape index (κ2) is 8.55. The molecule has 1 amide bonds. The van der Waals surface area contributed by atoms with Crippen LogP contribution in [0.5, 0.6) is 0 Å². The molecule has 0 spiro atoms. The highest BCUT2D eigenvalue weighted by Gasteiger charge is 2.03. The van der Waals surface area contributed by atoms with Crippen LogP contribution in [-0.4, -0.2) is 17.1 Å². The summed E-state index contributed by atoms with van der Waals surface area (Å²) in [5.74, 6) is 0.0110. The molecule has 4 nitrogen and oxygen atoms in total. The number of aromatic nitrogens is 1. The summed E-state index contributed by atoms with van der Waals surface area (Å²) >= 11 is 0. The molecule has 0 bridgehead atoms. The molecule has 1 N–H and O–H groups in total. The van der Waals surface area contributed by atoms with Gasteiger partial charge in [0.25, 0.3) is 0 Å². The minimum Gasteiger partial charge on any atom is -0.352 e. The van der Waals surface area contributed by atoms with Crippen LogP contribution in [0.25, 0.3) is 0 Å². The van der Waals surface area contributed by atoms with E-state index in [2.05, 4.69) is 15.3 Å². The lowest BCUT2D eigenvalue weighted by Gasteiger charge is -2.05. The Morgan fingerprint density at radius 2 is 1.64 bits per heavy atom. The molecule has 0 fully saturated rings. The standard InChI is InChI=1S/C21H19N3O/c25-21(24-16-18-4-2-1-3-5-18)14-17-6-8-20(9-7-17)23-15-19-10-12-22-13-11-19/h1-13,15H,14,16H2,(H,24,25)/b23-15+. The zero-order valence-corrected chi connectivity index (χ0v) is 13.8. The lowest BCUT2D eigenvalue weighted by molar-refractivity contribution is -0.120. The van der Waals surface area contributed by atoms with E-state index in [0.29, 0.717) is 13.0 Å². The minimum absolute atomic E-state index is 0.0110. The molecule has 3 rings (SSSR count). The summed E-state index contributed by atoms with van der Waals surface area (Å²) in [6.45, 7) is 0.550. The van der Waals surface area contributed by atoms with Crippen LogP contribution in [-0.2, 0) is 17.8 Å². The average molecular weight is 329 g/mol. The number of carbonyl (C=O) groups excluding carboxylic acids is 1. The molecule has 1 aromatic heterocycles. The predicted molar refractivity (Wildman–Crippen MR) is 99.9 cm³/mol. The minimum atomic E-state index is 0.0110. The van der Waals surface area contributed by atoms with Crippen molar-refractivity contribution in [3.63, 3.8) is 0 Å². The van der Waals surface area contributed by atoms with Crippen molar-refractivity contribution in [3.05, 3.63) is 95.8 Å². The molecule has 3 aromatic rings. The first-order valence-electron chi connectivity index (χ1n) is 8.13. The van der Waals surface area contributed by atoms with Crippen molar-refractivity contribution < 1.29 is 4.79 Å². The maximum atomic E-state index is 12.0. The number of benzene rings is 2. The van der Waals surface area contributed by atoms with Gasteiger partial charge < -0.3 is 5.32 Å². The van der Waals surface area contributed by atoms with Crippen molar-refractivity contribution in [2.24, 2.45) is 4.99 Å². The van der Waals surface area contributed by atoms with E-state index in [-0.39, 0.29) is 5.91 Å². The first-order valence-corrected chi connectivity index (χ1v) is 8.13. The number of hydrogen-bond donors (Lipinski definition) is 1. The summed E-state index contributed by atoms with van der Waals surface area (Å²) in [5, 5.41) is 2.93. The normalized spacial score (nSPS) is 10.7. The monoisotopic (exact) mass is 329 g/mol. The molecule has 124 valence electrons. The van der Waals surface area contributed by atoms with Gasteiger partial charge in [-0.2, -0.15) is 0 Å². The maximum Gasteiger partial charge on any atom is 0.224 e. The first kappa shape index (κ1) is 16.6. The van der Waals surface area contributed by atoms with Gasteiger partial charge in [0.15, 0.2) is 0 Å². The van der Waals surface area contributed by atoms with E-state index in [1.165, 1.54) is 0 Å². The Bertz CT molecular complexity index is 828. The van der Waals surface area contributed by atoms with Crippen molar-refractivity contribution in [3.8, 4) is 0 Å². The summed E-state index contributed by atoms with van der Waals surface area (Å²) in [6.07, 6.45) is 5.63. The van der Waals surface area contributed by atoms with Gasteiger partial charge in [-0.1, -0.05) is 42.5 Å². The second-order valence-electron chi connectivity index (χ2n) is 5.64. The molecule has 25 heavy (non-hydrogen) atoms. The predicted octanol–water partition coefficient (Wildman–Crippen LogP) is 3.69. The van der Waals surface area contributed by atoms with Gasteiger partial charge >= 0.3 is 0 Å². The number of amides is 1. The lowest BCUT2D eigenvalue weighted by Crippen LogP contribution is -2.24. The second-order valence-corrected chi connectivity index (χ2v) is 5.64. The highest BCUT2D eigenvalue weighted by molar-refractivity contribution is 5.82. The number of nitrogens with one attached hydrogen (secondary N) is 1. The molecule has 0 saturated heterocycles. The molecule has 1 heterocycles. The van der Waals surface area contributed by atoms with E-state index in [0.717, 1.165) is 22.4 Å². The molecule has 2 aromatic carbocycles. The van der Waals surface area contributed by atoms with Gasteiger partial charge in [-0.25, -0.2) is 0 Å². The fraction of sp³-hybridized carbons (Fsp3) is 0.0952. The molecular formula is C21H19N3O. The fourth-order valence-corrected chi connectivity index (χ4v) is 2.34. The maximum absolute atomic E-state index is 12.0. The zero-order chi connectivity index (χ0) is 17.3. The van der Waals surface area contributed by atoms with Gasteiger partial charge in [0.1, 0.15) is 0 Å². The summed E-state index contributed by atoms with van der Waals surface area (Å²) in [6, 6.07) is 21.4. The number of hydrogen-bond acceptors (Lipinski definition) is 3. The molecule has 0 aliphatic rings. The summed E-state index contributed by atoms with van der Waals surface area (Å²) in [4.78, 5) is 20.4. The van der Waals surface area contributed by atoms with Gasteiger partial charge in [0.05, 0.1) is 12.1 Å². The topological polar surface area (TPSA) is 54.4 Å². The van der Waals surface area contributed by atoms with E-state index in [1.54, 1.807) is 18.6 Å². The molecule has 0 saturated carbocycles. The van der Waals surface area contributed by atoms with Gasteiger partial charge in [-0.05, 0) is 41.0 Å². The third-order valence-electron chi connectivity index (χ3n) is 3.70. The molecule has 0 unspecified atom stereocenters. The van der Waals surface area contributed by atoms with Crippen molar-refractivity contribution in [2.75, 3.05) is 0 Å². The van der Waals surface area contributed by atoms with Crippen LogP contribution in [0.1, 0.15) is 16.7 Å². The highest BCUT2D eigenvalue weighted by atomic mass is 16.1. The van der Waals surface area contributed by atoms with Crippen LogP contribution in [0.15, 0.2) is 84.1 Å². The average Bonchev–Trinajstić information content (AvgIpc) is 2.67. The number of nitrogens with zero attached hydrogens (tertiary/aromatic N) is 2. The van der Waals surface area contributed by atoms with Crippen molar-refractivity contribution >= 4 is 17.8 Å². The number of pyridine rings is 1. The third-order valence-corrected chi connectivity index (χ3v) is 3.70. The lowest BCUT2D eigenvalue weighted by atomic mass is 10.1. The van der Waals surface area contributed by atoms with E-state index in [4.69, 9.17) is 0 Å². The van der Waals surface area contributed by atoms with Crippen LogP contribution in [0.2, 0.25) is 0 Å². The van der Waals surface area contributed by atoms with Crippen molar-refractivity contribution in [2.45, 2.75) is 13.0 Å². The molecule has 0 radical (unpaired) electrons. The van der Waals surface area contributed by atoms with Gasteiger partial charge in [-0.3, -0.25) is 14.8 Å². The van der Waals surface area contributed by atoms with Crippen LogP contribution in [0.3, 0.4) is 0 Å². The van der Waals surface area contributed by atoms with E-state index < -0.39 is 0 Å². The Morgan fingerprint density at radius 1 is 0.920 bits per heavy atom. The summed E-state index contributed by atoms with van der Waals surface area (Å²) in [5.41, 5.74) is 3.91. The van der Waals surface area contributed by atoms with Crippen LogP contribution in [0, 0.1) is 0 Å². The van der Waals surface area contributed by atoms with Gasteiger partial charge in [0, 0.05) is 25.2 Å². The number of carbonyl (C=O) groups is 1. The molecular weight excluding hydrogens is 310 g/mol. The Hall–Kier alpha value is -3.27. The number of rotatable bonds is 6. The smallest absolute Gasteiger partial charge is 0.224 e. The van der Waals surface area contributed by atoms with E-state index in [1.807, 2.05) is 66.7 Å². The molecule has 0 aliphatic heterocycles. The van der Waals surface area contributed by atoms with Crippen molar-refractivity contribution in [1.29, 1.82) is 0 Å². The molecule has 4 heteroatoms. The zero-order valence-electron chi connectivity index (χ0n) is 13.8. The van der Waals surface area contributed by atoms with E-state index in [9.17, 15) is 4.79 Å². The quantitative estimate of drug-likeness (QED) is 0.701. The summed E-state index contributed by atoms with van der Waals surface area (Å²) in [7, 11) is 0.